The van der Waals surface area contributed by atoms with Crippen molar-refractivity contribution in [3.05, 3.63) is 0 Å². The van der Waals surface area contributed by atoms with E-state index < -0.39 is 34.5 Å². The van der Waals surface area contributed by atoms with Crippen LogP contribution in [0.1, 0.15) is 0 Å². The molecule has 0 unspecified atom stereocenters. The van der Waals surface area contributed by atoms with Crippen LogP contribution in [0.2, 0.25) is 0 Å². The molecule has 8 heteroatoms. The average molecular weight is 223 g/mol. The van der Waals surface area contributed by atoms with E-state index in [4.69, 9.17) is 9.47 Å². The van der Waals surface area contributed by atoms with E-state index in [0.717, 1.165) is 0 Å². The number of hydrogen-bond donors (Lipinski definition) is 1. The van der Waals surface area contributed by atoms with Crippen LogP contribution in [0.15, 0.2) is 0 Å². The summed E-state index contributed by atoms with van der Waals surface area (Å²) in [4.78, 5) is 11.2. The van der Waals surface area contributed by atoms with Gasteiger partial charge in [-0.1, -0.05) is 0 Å². The first-order chi connectivity index (χ1) is 6.53. The van der Waals surface area contributed by atoms with Gasteiger partial charge in [-0.2, -0.15) is 13.1 Å². The highest BCUT2D eigenvalue weighted by Crippen LogP contribution is 2.23. The SMILES string of the molecule is CO[C@H]1[C@@H]2NS(=O)(=O)OC[C@H]1OC2=O. The van der Waals surface area contributed by atoms with E-state index in [0.29, 0.717) is 0 Å². The van der Waals surface area contributed by atoms with Gasteiger partial charge in [-0.25, -0.2) is 0 Å². The minimum Gasteiger partial charge on any atom is -0.456 e. The molecule has 2 aliphatic rings. The summed E-state index contributed by atoms with van der Waals surface area (Å²) in [6.45, 7) is -0.212. The molecule has 0 aromatic heterocycles. The molecule has 14 heavy (non-hydrogen) atoms. The van der Waals surface area contributed by atoms with E-state index in [1.54, 1.807) is 0 Å². The van der Waals surface area contributed by atoms with E-state index in [2.05, 4.69) is 4.18 Å². The number of rotatable bonds is 1. The van der Waals surface area contributed by atoms with Crippen molar-refractivity contribution < 1.29 is 26.9 Å². The summed E-state index contributed by atoms with van der Waals surface area (Å²) in [5.41, 5.74) is 0. The maximum atomic E-state index is 11.2. The molecule has 80 valence electrons. The Hall–Kier alpha value is -0.700. The van der Waals surface area contributed by atoms with Crippen LogP contribution in [0.5, 0.6) is 0 Å². The molecule has 1 N–H and O–H groups in total. The molecule has 0 aromatic carbocycles. The summed E-state index contributed by atoms with van der Waals surface area (Å²) in [7, 11) is -2.48. The Bertz CT molecular complexity index is 351. The van der Waals surface area contributed by atoms with E-state index in [9.17, 15) is 13.2 Å². The van der Waals surface area contributed by atoms with Gasteiger partial charge in [-0.15, -0.1) is 0 Å². The Morgan fingerprint density at radius 3 is 2.93 bits per heavy atom. The number of methoxy groups -OCH3 is 1. The van der Waals surface area contributed by atoms with Gasteiger partial charge < -0.3 is 9.47 Å². The molecule has 2 bridgehead atoms. The number of esters is 1. The highest BCUT2D eigenvalue weighted by molar-refractivity contribution is 7.84. The monoisotopic (exact) mass is 223 g/mol. The number of nitrogens with one attached hydrogen (secondary N) is 1. The molecule has 0 aromatic rings. The van der Waals surface area contributed by atoms with Crippen molar-refractivity contribution in [3.8, 4) is 0 Å². The molecule has 7 nitrogen and oxygen atoms in total. The molecule has 2 rings (SSSR count). The van der Waals surface area contributed by atoms with Gasteiger partial charge in [-0.05, 0) is 0 Å². The maximum Gasteiger partial charge on any atom is 0.336 e. The molecule has 0 saturated carbocycles. The topological polar surface area (TPSA) is 90.9 Å². The van der Waals surface area contributed by atoms with Gasteiger partial charge in [0.2, 0.25) is 0 Å². The van der Waals surface area contributed by atoms with Crippen LogP contribution in [-0.4, -0.2) is 46.4 Å². The van der Waals surface area contributed by atoms with E-state index in [-0.39, 0.29) is 6.61 Å². The molecular formula is C6H9NO6S. The van der Waals surface area contributed by atoms with Crippen molar-refractivity contribution in [2.75, 3.05) is 13.7 Å². The molecule has 0 aliphatic carbocycles. The van der Waals surface area contributed by atoms with E-state index >= 15 is 0 Å². The number of fused-ring (bicyclic) bond motifs is 2. The fraction of sp³-hybridized carbons (Fsp3) is 0.833. The zero-order chi connectivity index (χ0) is 10.3. The number of hydrogen-bond acceptors (Lipinski definition) is 6. The van der Waals surface area contributed by atoms with Crippen LogP contribution in [0, 0.1) is 0 Å². The van der Waals surface area contributed by atoms with Gasteiger partial charge in [0.15, 0.2) is 12.1 Å². The third-order valence-corrected chi connectivity index (χ3v) is 3.14. The van der Waals surface area contributed by atoms with Gasteiger partial charge in [-0.3, -0.25) is 8.98 Å². The van der Waals surface area contributed by atoms with Gasteiger partial charge in [0.05, 0.1) is 0 Å². The quantitative estimate of drug-likeness (QED) is 0.525. The van der Waals surface area contributed by atoms with Crippen LogP contribution in [0.4, 0.5) is 0 Å². The second-order valence-electron chi connectivity index (χ2n) is 3.01. The van der Waals surface area contributed by atoms with Gasteiger partial charge in [0.1, 0.15) is 12.7 Å². The van der Waals surface area contributed by atoms with E-state index in [1.165, 1.54) is 7.11 Å². The minimum atomic E-state index is -3.86. The summed E-state index contributed by atoms with van der Waals surface area (Å²) in [5, 5.41) is 0. The predicted molar refractivity (Wildman–Crippen MR) is 42.5 cm³/mol. The fourth-order valence-corrected chi connectivity index (χ4v) is 2.44. The Morgan fingerprint density at radius 2 is 2.29 bits per heavy atom. The second kappa shape index (κ2) is 3.16. The lowest BCUT2D eigenvalue weighted by molar-refractivity contribution is -0.144. The standard InChI is InChI=1S/C6H9NO6S/c1-11-5-3-2-12-14(9,10)7-4(5)6(8)13-3/h3-5,7H,2H2,1H3/t3-,4+,5-/m1/s1. The lowest BCUT2D eigenvalue weighted by atomic mass is 10.1. The molecule has 0 spiro atoms. The summed E-state index contributed by atoms with van der Waals surface area (Å²) >= 11 is 0. The molecular weight excluding hydrogens is 214 g/mol. The lowest BCUT2D eigenvalue weighted by Crippen LogP contribution is -2.44. The van der Waals surface area contributed by atoms with E-state index in [1.807, 2.05) is 4.72 Å². The van der Waals surface area contributed by atoms with Crippen LogP contribution in [0.25, 0.3) is 0 Å². The predicted octanol–water partition coefficient (Wildman–Crippen LogP) is -1.84. The molecule has 2 fully saturated rings. The number of carbonyl (C=O) groups is 1. The molecule has 2 saturated heterocycles. The van der Waals surface area contributed by atoms with Crippen LogP contribution in [0.3, 0.4) is 0 Å². The Morgan fingerprint density at radius 1 is 1.57 bits per heavy atom. The maximum absolute atomic E-state index is 11.2. The highest BCUT2D eigenvalue weighted by atomic mass is 32.2. The van der Waals surface area contributed by atoms with Gasteiger partial charge in [0, 0.05) is 7.11 Å². The Labute approximate surface area is 80.6 Å². The van der Waals surface area contributed by atoms with Gasteiger partial charge in [0.25, 0.3) is 0 Å². The summed E-state index contributed by atoms with van der Waals surface area (Å²) in [5.74, 6) is -0.631. The van der Waals surface area contributed by atoms with Crippen molar-refractivity contribution in [2.45, 2.75) is 18.2 Å². The second-order valence-corrected chi connectivity index (χ2v) is 4.39. The summed E-state index contributed by atoms with van der Waals surface area (Å²) in [6.07, 6.45) is -1.29. The fourth-order valence-electron chi connectivity index (χ4n) is 1.52. The smallest absolute Gasteiger partial charge is 0.336 e. The number of carbonyl (C=O) groups excluding carboxylic acids is 1. The Kier molecular flexibility index (Phi) is 2.22. The summed E-state index contributed by atoms with van der Waals surface area (Å²) in [6, 6.07) is -1.00. The van der Waals surface area contributed by atoms with Crippen molar-refractivity contribution in [3.63, 3.8) is 0 Å². The third kappa shape index (κ3) is 1.50. The zero-order valence-electron chi connectivity index (χ0n) is 7.30. The van der Waals surface area contributed by atoms with Crippen molar-refractivity contribution >= 4 is 16.3 Å². The normalized spacial score (nSPS) is 40.4. The van der Waals surface area contributed by atoms with Gasteiger partial charge >= 0.3 is 16.3 Å². The van der Waals surface area contributed by atoms with Crippen molar-refractivity contribution in [1.82, 2.24) is 4.72 Å². The van der Waals surface area contributed by atoms with Crippen LogP contribution < -0.4 is 4.72 Å². The first-order valence-corrected chi connectivity index (χ1v) is 5.34. The molecule has 3 atom stereocenters. The van der Waals surface area contributed by atoms with Crippen LogP contribution in [-0.2, 0) is 28.8 Å². The first-order valence-electron chi connectivity index (χ1n) is 3.93. The summed E-state index contributed by atoms with van der Waals surface area (Å²) < 4.78 is 38.5. The molecule has 2 heterocycles. The molecule has 0 radical (unpaired) electrons. The minimum absolute atomic E-state index is 0.212. The zero-order valence-corrected chi connectivity index (χ0v) is 8.11. The molecule has 2 aliphatic heterocycles. The first kappa shape index (κ1) is 9.84. The third-order valence-electron chi connectivity index (χ3n) is 2.15. The molecule has 0 amide bonds. The highest BCUT2D eigenvalue weighted by Gasteiger charge is 2.50. The van der Waals surface area contributed by atoms with Crippen molar-refractivity contribution in [2.24, 2.45) is 0 Å². The number of ether oxygens (including phenoxy) is 2. The van der Waals surface area contributed by atoms with Crippen LogP contribution >= 0.6 is 0 Å². The largest absolute Gasteiger partial charge is 0.456 e. The Balaban J connectivity index is 2.31. The average Bonchev–Trinajstić information content (AvgIpc) is 2.31. The van der Waals surface area contributed by atoms with Crippen molar-refractivity contribution in [1.29, 1.82) is 0 Å². The lowest BCUT2D eigenvalue weighted by Gasteiger charge is -2.13.